The number of benzene rings is 1. The molecule has 4 heterocycles. The Bertz CT molecular complexity index is 1450. The molecule has 1 aliphatic rings. The van der Waals surface area contributed by atoms with E-state index in [-0.39, 0.29) is 12.0 Å². The second-order valence-electron chi connectivity index (χ2n) is 10.0. The number of ether oxygens (including phenoxy) is 1. The minimum absolute atomic E-state index is 0.265. The average molecular weight is 525 g/mol. The maximum Gasteiger partial charge on any atom is 0.323 e. The number of nitrogens with two attached hydrogens (primary N) is 1. The first-order valence-electron chi connectivity index (χ1n) is 12.7. The van der Waals surface area contributed by atoms with E-state index < -0.39 is 29.7 Å². The number of fused-ring (bicyclic) bond motifs is 1. The number of nitrogens with zero attached hydrogens (tertiary/aromatic N) is 6. The molecule has 0 spiro atoms. The van der Waals surface area contributed by atoms with Crippen LogP contribution in [0.4, 0.5) is 14.6 Å². The molecule has 4 aromatic rings. The van der Waals surface area contributed by atoms with Crippen LogP contribution in [0.5, 0.6) is 0 Å². The number of carbonyl (C=O) groups excluding carboxylic acids is 1. The Morgan fingerprint density at radius 2 is 2.05 bits per heavy atom. The summed E-state index contributed by atoms with van der Waals surface area (Å²) in [6.07, 6.45) is 4.71. The SMILES string of the molecule is CC(C)C[C@H](N)C(=O)O[C@@H](C)c1nnc(-c2cnn3ccc(N4CCC[C@@H]4c4cc(F)ccc4F)nc23)[nH]1. The first-order chi connectivity index (χ1) is 18.2. The average Bonchev–Trinajstić information content (AvgIpc) is 3.63. The number of hydrogen-bond acceptors (Lipinski definition) is 8. The third-order valence-electron chi connectivity index (χ3n) is 6.68. The van der Waals surface area contributed by atoms with Crippen molar-refractivity contribution in [2.75, 3.05) is 11.4 Å². The van der Waals surface area contributed by atoms with Gasteiger partial charge in [0.2, 0.25) is 0 Å². The fraction of sp³-hybridized carbons (Fsp3) is 0.423. The number of aromatic amines is 1. The smallest absolute Gasteiger partial charge is 0.323 e. The highest BCUT2D eigenvalue weighted by Crippen LogP contribution is 2.37. The number of rotatable bonds is 8. The van der Waals surface area contributed by atoms with Crippen molar-refractivity contribution in [2.45, 2.75) is 58.2 Å². The van der Waals surface area contributed by atoms with Crippen LogP contribution in [0.1, 0.15) is 63.6 Å². The molecule has 0 radical (unpaired) electrons. The van der Waals surface area contributed by atoms with Crippen LogP contribution in [-0.4, -0.2) is 48.3 Å². The molecule has 0 amide bonds. The minimum Gasteiger partial charge on any atom is -0.453 e. The predicted molar refractivity (Wildman–Crippen MR) is 136 cm³/mol. The quantitative estimate of drug-likeness (QED) is 0.330. The largest absolute Gasteiger partial charge is 0.453 e. The van der Waals surface area contributed by atoms with Gasteiger partial charge >= 0.3 is 5.97 Å². The molecule has 3 N–H and O–H groups in total. The van der Waals surface area contributed by atoms with Crippen LogP contribution in [0.2, 0.25) is 0 Å². The number of halogens is 2. The highest BCUT2D eigenvalue weighted by molar-refractivity contribution is 5.76. The molecule has 0 aliphatic carbocycles. The van der Waals surface area contributed by atoms with Crippen LogP contribution in [0, 0.1) is 17.6 Å². The first-order valence-corrected chi connectivity index (χ1v) is 12.7. The van der Waals surface area contributed by atoms with E-state index in [0.717, 1.165) is 18.6 Å². The summed E-state index contributed by atoms with van der Waals surface area (Å²) >= 11 is 0. The summed E-state index contributed by atoms with van der Waals surface area (Å²) in [5.41, 5.74) is 7.35. The van der Waals surface area contributed by atoms with E-state index in [2.05, 4.69) is 20.3 Å². The maximum absolute atomic E-state index is 14.6. The zero-order valence-corrected chi connectivity index (χ0v) is 21.4. The van der Waals surface area contributed by atoms with Gasteiger partial charge in [-0.05, 0) is 56.4 Å². The van der Waals surface area contributed by atoms with Crippen LogP contribution in [-0.2, 0) is 9.53 Å². The maximum atomic E-state index is 14.6. The zero-order valence-electron chi connectivity index (χ0n) is 21.4. The van der Waals surface area contributed by atoms with Gasteiger partial charge in [-0.3, -0.25) is 4.79 Å². The molecule has 1 aliphatic heterocycles. The van der Waals surface area contributed by atoms with Gasteiger partial charge in [-0.15, -0.1) is 10.2 Å². The molecule has 3 aromatic heterocycles. The van der Waals surface area contributed by atoms with E-state index in [4.69, 9.17) is 15.5 Å². The number of anilines is 1. The fourth-order valence-electron chi connectivity index (χ4n) is 4.82. The Labute approximate surface area is 218 Å². The molecule has 38 heavy (non-hydrogen) atoms. The molecule has 3 atom stereocenters. The molecule has 12 heteroatoms. The van der Waals surface area contributed by atoms with Gasteiger partial charge in [-0.1, -0.05) is 13.8 Å². The van der Waals surface area contributed by atoms with Crippen molar-refractivity contribution in [1.82, 2.24) is 29.8 Å². The number of hydrogen-bond donors (Lipinski definition) is 2. The molecular formula is C26H30F2N8O2. The highest BCUT2D eigenvalue weighted by atomic mass is 19.1. The molecule has 0 unspecified atom stereocenters. The molecule has 10 nitrogen and oxygen atoms in total. The van der Waals surface area contributed by atoms with E-state index in [0.29, 0.717) is 53.6 Å². The molecule has 5 rings (SSSR count). The van der Waals surface area contributed by atoms with Crippen molar-refractivity contribution >= 4 is 17.4 Å². The van der Waals surface area contributed by atoms with Gasteiger partial charge in [0.05, 0.1) is 17.8 Å². The Morgan fingerprint density at radius 3 is 2.84 bits per heavy atom. The third kappa shape index (κ3) is 5.08. The number of nitrogens with one attached hydrogen (secondary N) is 1. The van der Waals surface area contributed by atoms with E-state index in [1.54, 1.807) is 29.9 Å². The summed E-state index contributed by atoms with van der Waals surface area (Å²) in [6.45, 7) is 6.31. The van der Waals surface area contributed by atoms with Crippen LogP contribution in [0.3, 0.4) is 0 Å². The Balaban J connectivity index is 1.39. The normalized spacial score (nSPS) is 17.3. The van der Waals surface area contributed by atoms with Crippen molar-refractivity contribution in [2.24, 2.45) is 11.7 Å². The highest BCUT2D eigenvalue weighted by Gasteiger charge is 2.30. The molecule has 1 fully saturated rings. The lowest BCUT2D eigenvalue weighted by Gasteiger charge is -2.26. The van der Waals surface area contributed by atoms with E-state index in [1.807, 2.05) is 18.7 Å². The lowest BCUT2D eigenvalue weighted by molar-refractivity contribution is -0.151. The van der Waals surface area contributed by atoms with E-state index in [9.17, 15) is 13.6 Å². The summed E-state index contributed by atoms with van der Waals surface area (Å²) in [4.78, 5) is 22.2. The number of carbonyl (C=O) groups is 1. The van der Waals surface area contributed by atoms with Crippen LogP contribution < -0.4 is 10.6 Å². The second-order valence-corrected chi connectivity index (χ2v) is 10.0. The Hall–Kier alpha value is -3.93. The number of H-pyrrole nitrogens is 1. The van der Waals surface area contributed by atoms with Gasteiger partial charge in [0.25, 0.3) is 0 Å². The molecule has 0 bridgehead atoms. The molecule has 200 valence electrons. The van der Waals surface area contributed by atoms with Gasteiger partial charge in [0.1, 0.15) is 23.5 Å². The summed E-state index contributed by atoms with van der Waals surface area (Å²) < 4.78 is 35.5. The molecular weight excluding hydrogens is 494 g/mol. The standard InChI is InChI=1S/C26H30F2N8O2/c1-14(2)11-20(29)26(37)38-15(3)23-32-24(34-33-23)18-13-30-36-10-8-22(31-25(18)36)35-9-4-5-21(35)17-12-16(27)6-7-19(17)28/h6-8,10,12-15,20-21H,4-5,9,11,29H2,1-3H3,(H,32,33,34)/t15-,20-,21+/m0/s1. The number of esters is 1. The molecule has 0 saturated carbocycles. The van der Waals surface area contributed by atoms with Gasteiger partial charge < -0.3 is 20.4 Å². The summed E-state index contributed by atoms with van der Waals surface area (Å²) in [7, 11) is 0. The molecule has 1 saturated heterocycles. The lowest BCUT2D eigenvalue weighted by atomic mass is 10.0. The van der Waals surface area contributed by atoms with Gasteiger partial charge in [0.15, 0.2) is 23.4 Å². The van der Waals surface area contributed by atoms with Crippen molar-refractivity contribution in [3.8, 4) is 11.4 Å². The van der Waals surface area contributed by atoms with Crippen LogP contribution >= 0.6 is 0 Å². The molecule has 1 aromatic carbocycles. The summed E-state index contributed by atoms with van der Waals surface area (Å²) in [6, 6.07) is 4.28. The van der Waals surface area contributed by atoms with Crippen molar-refractivity contribution in [3.05, 3.63) is 59.7 Å². The van der Waals surface area contributed by atoms with E-state index in [1.165, 1.54) is 6.07 Å². The van der Waals surface area contributed by atoms with Crippen LogP contribution in [0.15, 0.2) is 36.7 Å². The fourth-order valence-corrected chi connectivity index (χ4v) is 4.82. The topological polar surface area (TPSA) is 127 Å². The Kier molecular flexibility index (Phi) is 7.06. The summed E-state index contributed by atoms with van der Waals surface area (Å²) in [5, 5.41) is 12.7. The van der Waals surface area contributed by atoms with Gasteiger partial charge in [0, 0.05) is 18.3 Å². The second kappa shape index (κ2) is 10.4. The van der Waals surface area contributed by atoms with Crippen molar-refractivity contribution in [1.29, 1.82) is 0 Å². The zero-order chi connectivity index (χ0) is 27.0. The lowest BCUT2D eigenvalue weighted by Crippen LogP contribution is -2.34. The van der Waals surface area contributed by atoms with Crippen LogP contribution in [0.25, 0.3) is 17.0 Å². The van der Waals surface area contributed by atoms with Gasteiger partial charge in [-0.2, -0.15) is 5.10 Å². The van der Waals surface area contributed by atoms with E-state index >= 15 is 0 Å². The van der Waals surface area contributed by atoms with Crippen molar-refractivity contribution < 1.29 is 18.3 Å². The monoisotopic (exact) mass is 524 g/mol. The summed E-state index contributed by atoms with van der Waals surface area (Å²) in [5.74, 6) is 0.237. The van der Waals surface area contributed by atoms with Crippen molar-refractivity contribution in [3.63, 3.8) is 0 Å². The Morgan fingerprint density at radius 1 is 1.24 bits per heavy atom. The number of aromatic nitrogens is 6. The minimum atomic E-state index is -0.711. The third-order valence-corrected chi connectivity index (χ3v) is 6.68. The van der Waals surface area contributed by atoms with Gasteiger partial charge in [-0.25, -0.2) is 18.3 Å². The first kappa shape index (κ1) is 25.7. The predicted octanol–water partition coefficient (Wildman–Crippen LogP) is 4.11.